The van der Waals surface area contributed by atoms with Crippen LogP contribution < -0.4 is 10.4 Å². The topological polar surface area (TPSA) is 56.6 Å². The van der Waals surface area contributed by atoms with Gasteiger partial charge in [-0.05, 0) is 62.1 Å². The van der Waals surface area contributed by atoms with Crippen molar-refractivity contribution in [1.29, 1.82) is 0 Å². The Morgan fingerprint density at radius 2 is 1.79 bits per heavy atom. The van der Waals surface area contributed by atoms with E-state index in [9.17, 15) is 4.79 Å². The van der Waals surface area contributed by atoms with Crippen LogP contribution in [0.25, 0.3) is 16.3 Å². The van der Waals surface area contributed by atoms with Crippen molar-refractivity contribution in [3.8, 4) is 16.3 Å². The minimum absolute atomic E-state index is 0.127. The Balaban J connectivity index is 1.67. The molecule has 1 fully saturated rings. The SMILES string of the molecule is Cc1c(N=c2scc(-c3cccs3)n2N=C2CCC(C)CC2)c(=O)n(-c2ccccc2)n1C. The summed E-state index contributed by atoms with van der Waals surface area (Å²) in [7, 11) is 1.89. The van der Waals surface area contributed by atoms with Gasteiger partial charge in [0, 0.05) is 18.1 Å². The summed E-state index contributed by atoms with van der Waals surface area (Å²) in [5.41, 5.74) is 4.20. The van der Waals surface area contributed by atoms with Crippen LogP contribution in [0.3, 0.4) is 0 Å². The van der Waals surface area contributed by atoms with Gasteiger partial charge in [-0.2, -0.15) is 5.10 Å². The lowest BCUT2D eigenvalue weighted by Crippen LogP contribution is -2.20. The van der Waals surface area contributed by atoms with E-state index in [4.69, 9.17) is 10.1 Å². The molecule has 5 rings (SSSR count). The van der Waals surface area contributed by atoms with Crippen LogP contribution in [-0.2, 0) is 7.05 Å². The van der Waals surface area contributed by atoms with Crippen LogP contribution in [0.5, 0.6) is 0 Å². The first-order chi connectivity index (χ1) is 16.0. The van der Waals surface area contributed by atoms with E-state index in [0.29, 0.717) is 5.69 Å². The van der Waals surface area contributed by atoms with Crippen LogP contribution in [0.1, 0.15) is 38.3 Å². The quantitative estimate of drug-likeness (QED) is 0.371. The number of benzene rings is 1. The van der Waals surface area contributed by atoms with Gasteiger partial charge in [-0.25, -0.2) is 14.4 Å². The van der Waals surface area contributed by atoms with Crippen molar-refractivity contribution >= 4 is 34.1 Å². The maximum absolute atomic E-state index is 13.4. The van der Waals surface area contributed by atoms with E-state index >= 15 is 0 Å². The first kappa shape index (κ1) is 21.9. The minimum atomic E-state index is -0.127. The van der Waals surface area contributed by atoms with Crippen molar-refractivity contribution in [1.82, 2.24) is 14.0 Å². The van der Waals surface area contributed by atoms with Crippen LogP contribution in [0.4, 0.5) is 5.69 Å². The summed E-state index contributed by atoms with van der Waals surface area (Å²) in [5.74, 6) is 0.751. The fourth-order valence-corrected chi connectivity index (χ4v) is 5.81. The molecule has 8 heteroatoms. The lowest BCUT2D eigenvalue weighted by molar-refractivity contribution is 0.481. The zero-order valence-electron chi connectivity index (χ0n) is 19.1. The summed E-state index contributed by atoms with van der Waals surface area (Å²) >= 11 is 3.21. The van der Waals surface area contributed by atoms with Crippen molar-refractivity contribution in [2.75, 3.05) is 0 Å². The third-order valence-electron chi connectivity index (χ3n) is 6.28. The number of aromatic nitrogens is 3. The van der Waals surface area contributed by atoms with Gasteiger partial charge in [-0.3, -0.25) is 9.48 Å². The first-order valence-corrected chi connectivity index (χ1v) is 13.0. The summed E-state index contributed by atoms with van der Waals surface area (Å²) in [6.07, 6.45) is 4.37. The highest BCUT2D eigenvalue weighted by Gasteiger charge is 2.18. The molecule has 1 saturated carbocycles. The highest BCUT2D eigenvalue weighted by molar-refractivity contribution is 7.14. The third-order valence-corrected chi connectivity index (χ3v) is 7.99. The van der Waals surface area contributed by atoms with E-state index in [1.807, 2.05) is 59.7 Å². The Morgan fingerprint density at radius 1 is 1.03 bits per heavy atom. The zero-order valence-corrected chi connectivity index (χ0v) is 20.7. The maximum atomic E-state index is 13.4. The second-order valence-corrected chi connectivity index (χ2v) is 10.3. The van der Waals surface area contributed by atoms with Crippen molar-refractivity contribution in [2.45, 2.75) is 39.5 Å². The van der Waals surface area contributed by atoms with Gasteiger partial charge in [0.15, 0.2) is 5.69 Å². The van der Waals surface area contributed by atoms with Gasteiger partial charge in [0.2, 0.25) is 4.80 Å². The minimum Gasteiger partial charge on any atom is -0.283 e. The van der Waals surface area contributed by atoms with Crippen LogP contribution in [-0.4, -0.2) is 19.8 Å². The lowest BCUT2D eigenvalue weighted by Gasteiger charge is -2.19. The Morgan fingerprint density at radius 3 is 2.48 bits per heavy atom. The van der Waals surface area contributed by atoms with Crippen LogP contribution >= 0.6 is 22.7 Å². The van der Waals surface area contributed by atoms with Gasteiger partial charge in [-0.1, -0.05) is 31.2 Å². The highest BCUT2D eigenvalue weighted by atomic mass is 32.1. The average molecular weight is 478 g/mol. The molecule has 0 radical (unpaired) electrons. The molecule has 0 saturated heterocycles. The van der Waals surface area contributed by atoms with E-state index in [0.717, 1.165) is 45.5 Å². The number of thiazole rings is 1. The number of para-hydroxylation sites is 1. The second-order valence-electron chi connectivity index (χ2n) is 8.56. The largest absolute Gasteiger partial charge is 0.297 e. The summed E-state index contributed by atoms with van der Waals surface area (Å²) in [4.78, 5) is 20.1. The molecule has 0 aliphatic heterocycles. The molecule has 33 heavy (non-hydrogen) atoms. The average Bonchev–Trinajstić information content (AvgIpc) is 3.53. The van der Waals surface area contributed by atoms with Crippen molar-refractivity contribution in [3.63, 3.8) is 0 Å². The van der Waals surface area contributed by atoms with Crippen LogP contribution in [0.2, 0.25) is 0 Å². The van der Waals surface area contributed by atoms with Gasteiger partial charge >= 0.3 is 0 Å². The fraction of sp³-hybridized carbons (Fsp3) is 0.320. The second kappa shape index (κ2) is 9.11. The van der Waals surface area contributed by atoms with Crippen LogP contribution in [0.15, 0.2) is 68.1 Å². The Bertz CT molecular complexity index is 1410. The lowest BCUT2D eigenvalue weighted by atomic mass is 9.90. The molecule has 1 aliphatic carbocycles. The number of thiophene rings is 1. The number of hydrogen-bond acceptors (Lipinski definition) is 5. The van der Waals surface area contributed by atoms with E-state index < -0.39 is 0 Å². The molecule has 1 aliphatic rings. The molecule has 170 valence electrons. The molecule has 0 atom stereocenters. The molecule has 4 aromatic rings. The number of hydrogen-bond donors (Lipinski definition) is 0. The summed E-state index contributed by atoms with van der Waals surface area (Å²) < 4.78 is 5.48. The summed E-state index contributed by atoms with van der Waals surface area (Å²) in [5, 5.41) is 9.22. The highest BCUT2D eigenvalue weighted by Crippen LogP contribution is 2.27. The normalized spacial score (nSPS) is 17.0. The maximum Gasteiger partial charge on any atom is 0.297 e. The van der Waals surface area contributed by atoms with Gasteiger partial charge in [0.05, 0.1) is 22.0 Å². The molecule has 0 amide bonds. The van der Waals surface area contributed by atoms with Gasteiger partial charge < -0.3 is 0 Å². The van der Waals surface area contributed by atoms with Gasteiger partial charge in [0.1, 0.15) is 0 Å². The molecule has 3 heterocycles. The Labute approximate surface area is 200 Å². The number of nitrogens with zero attached hydrogens (tertiary/aromatic N) is 5. The summed E-state index contributed by atoms with van der Waals surface area (Å²) in [6.45, 7) is 4.24. The monoisotopic (exact) mass is 477 g/mol. The van der Waals surface area contributed by atoms with E-state index in [1.165, 1.54) is 29.9 Å². The molecule has 0 N–H and O–H groups in total. The Kier molecular flexibility index (Phi) is 6.03. The van der Waals surface area contributed by atoms with Crippen molar-refractivity contribution in [3.05, 3.63) is 74.1 Å². The summed E-state index contributed by atoms with van der Waals surface area (Å²) in [6, 6.07) is 13.8. The first-order valence-electron chi connectivity index (χ1n) is 11.2. The number of rotatable bonds is 4. The van der Waals surface area contributed by atoms with Gasteiger partial charge in [0.25, 0.3) is 5.56 Å². The molecule has 6 nitrogen and oxygen atoms in total. The molecular weight excluding hydrogens is 450 g/mol. The third kappa shape index (κ3) is 4.20. The predicted octanol–water partition coefficient (Wildman–Crippen LogP) is 5.72. The molecular formula is C25H27N5OS2. The molecule has 3 aromatic heterocycles. The Hall–Kier alpha value is -2.97. The molecule has 1 aromatic carbocycles. The van der Waals surface area contributed by atoms with Crippen LogP contribution in [0, 0.1) is 12.8 Å². The van der Waals surface area contributed by atoms with E-state index in [2.05, 4.69) is 23.8 Å². The molecule has 0 bridgehead atoms. The standard InChI is InChI=1S/C25H27N5OS2/c1-17-11-13-19(14-12-17)27-29-21(22-10-7-15-32-22)16-33-25(29)26-23-18(2)28(3)30(24(23)31)20-8-5-4-6-9-20/h4-10,15-17H,11-14H2,1-3H3. The zero-order chi connectivity index (χ0) is 22.9. The van der Waals surface area contributed by atoms with E-state index in [1.54, 1.807) is 16.0 Å². The van der Waals surface area contributed by atoms with E-state index in [-0.39, 0.29) is 5.56 Å². The molecule has 0 spiro atoms. The van der Waals surface area contributed by atoms with Crippen molar-refractivity contribution < 1.29 is 0 Å². The smallest absolute Gasteiger partial charge is 0.283 e. The molecule has 0 unspecified atom stereocenters. The predicted molar refractivity (Wildman–Crippen MR) is 137 cm³/mol. The van der Waals surface area contributed by atoms with Gasteiger partial charge in [-0.15, -0.1) is 22.7 Å². The van der Waals surface area contributed by atoms with Crippen molar-refractivity contribution in [2.24, 2.45) is 23.1 Å². The fourth-order valence-electron chi connectivity index (χ4n) is 4.18.